The predicted molar refractivity (Wildman–Crippen MR) is 77.7 cm³/mol. The molecule has 2 nitrogen and oxygen atoms in total. The van der Waals surface area contributed by atoms with E-state index in [1.807, 2.05) is 0 Å². The van der Waals surface area contributed by atoms with Crippen LogP contribution < -0.4 is 5.32 Å². The van der Waals surface area contributed by atoms with E-state index in [9.17, 15) is 26.7 Å². The van der Waals surface area contributed by atoms with Crippen molar-refractivity contribution in [1.82, 2.24) is 5.32 Å². The summed E-state index contributed by atoms with van der Waals surface area (Å²) in [7, 11) is 0. The Labute approximate surface area is 135 Å². The first-order valence-electron chi connectivity index (χ1n) is 7.13. The van der Waals surface area contributed by atoms with Gasteiger partial charge in [-0.1, -0.05) is 44.2 Å². The smallest absolute Gasteiger partial charge is 0.257 e. The minimum Gasteiger partial charge on any atom is -0.345 e. The van der Waals surface area contributed by atoms with E-state index in [4.69, 9.17) is 0 Å². The highest BCUT2D eigenvalue weighted by molar-refractivity contribution is 5.95. The van der Waals surface area contributed by atoms with Gasteiger partial charge in [0.1, 0.15) is 5.56 Å². The van der Waals surface area contributed by atoms with Gasteiger partial charge in [-0.15, -0.1) is 0 Å². The summed E-state index contributed by atoms with van der Waals surface area (Å²) >= 11 is 0. The topological polar surface area (TPSA) is 29.1 Å². The summed E-state index contributed by atoms with van der Waals surface area (Å²) in [5.74, 6) is -12.5. The van der Waals surface area contributed by atoms with E-state index in [1.165, 1.54) is 0 Å². The summed E-state index contributed by atoms with van der Waals surface area (Å²) < 4.78 is 67.0. The summed E-state index contributed by atoms with van der Waals surface area (Å²) in [5.41, 5.74) is -0.849. The molecule has 1 atom stereocenters. The van der Waals surface area contributed by atoms with Crippen molar-refractivity contribution in [3.05, 3.63) is 70.5 Å². The molecule has 24 heavy (non-hydrogen) atoms. The standard InChI is InChI=1S/C17H14F5NO/c1-8(2)16(9-6-4-3-5-7-9)23-17(24)10-11(18)13(20)15(22)14(21)12(10)19/h3-8,16H,1-2H3,(H,23,24). The summed E-state index contributed by atoms with van der Waals surface area (Å²) in [6.07, 6.45) is 0. The fourth-order valence-corrected chi connectivity index (χ4v) is 2.31. The van der Waals surface area contributed by atoms with Gasteiger partial charge in [-0.25, -0.2) is 22.0 Å². The number of rotatable bonds is 4. The average Bonchev–Trinajstić information content (AvgIpc) is 2.56. The van der Waals surface area contributed by atoms with Crippen LogP contribution in [-0.2, 0) is 0 Å². The first kappa shape index (κ1) is 17.9. The average molecular weight is 343 g/mol. The minimum atomic E-state index is -2.30. The maximum absolute atomic E-state index is 13.7. The Kier molecular flexibility index (Phi) is 5.21. The fourth-order valence-electron chi connectivity index (χ4n) is 2.31. The molecule has 0 aliphatic heterocycles. The van der Waals surface area contributed by atoms with Gasteiger partial charge < -0.3 is 5.32 Å². The monoisotopic (exact) mass is 343 g/mol. The van der Waals surface area contributed by atoms with Crippen molar-refractivity contribution in [3.63, 3.8) is 0 Å². The number of benzene rings is 2. The molecule has 128 valence electrons. The van der Waals surface area contributed by atoms with E-state index in [2.05, 4.69) is 5.32 Å². The van der Waals surface area contributed by atoms with Gasteiger partial charge in [0.2, 0.25) is 5.82 Å². The molecule has 2 aromatic rings. The van der Waals surface area contributed by atoms with E-state index in [0.717, 1.165) is 0 Å². The molecule has 0 aliphatic carbocycles. The van der Waals surface area contributed by atoms with Crippen LogP contribution in [0.4, 0.5) is 22.0 Å². The van der Waals surface area contributed by atoms with Gasteiger partial charge in [-0.05, 0) is 11.5 Å². The Morgan fingerprint density at radius 2 is 1.29 bits per heavy atom. The number of carbonyl (C=O) groups excluding carboxylic acids is 1. The fraction of sp³-hybridized carbons (Fsp3) is 0.235. The third kappa shape index (κ3) is 3.25. The minimum absolute atomic E-state index is 0.183. The van der Waals surface area contributed by atoms with Gasteiger partial charge in [0.25, 0.3) is 5.91 Å². The second-order valence-electron chi connectivity index (χ2n) is 5.55. The summed E-state index contributed by atoms with van der Waals surface area (Å²) in [4.78, 5) is 12.1. The normalized spacial score (nSPS) is 12.3. The maximum atomic E-state index is 13.7. The van der Waals surface area contributed by atoms with Crippen molar-refractivity contribution in [2.45, 2.75) is 19.9 Å². The molecule has 0 radical (unpaired) electrons. The van der Waals surface area contributed by atoms with Crippen LogP contribution in [-0.4, -0.2) is 5.91 Å². The Bertz CT molecular complexity index is 732. The molecule has 0 fully saturated rings. The second kappa shape index (κ2) is 6.98. The Morgan fingerprint density at radius 3 is 1.75 bits per heavy atom. The molecule has 0 saturated heterocycles. The summed E-state index contributed by atoms with van der Waals surface area (Å²) in [5, 5.41) is 2.33. The molecule has 7 heteroatoms. The van der Waals surface area contributed by atoms with Crippen LogP contribution in [0.3, 0.4) is 0 Å². The maximum Gasteiger partial charge on any atom is 0.257 e. The van der Waals surface area contributed by atoms with E-state index in [0.29, 0.717) is 5.56 Å². The van der Waals surface area contributed by atoms with Crippen molar-refractivity contribution in [1.29, 1.82) is 0 Å². The second-order valence-corrected chi connectivity index (χ2v) is 5.55. The van der Waals surface area contributed by atoms with Crippen molar-refractivity contribution in [2.24, 2.45) is 5.92 Å². The van der Waals surface area contributed by atoms with Crippen LogP contribution in [0, 0.1) is 35.0 Å². The van der Waals surface area contributed by atoms with Gasteiger partial charge >= 0.3 is 0 Å². The highest BCUT2D eigenvalue weighted by Gasteiger charge is 2.31. The molecular formula is C17H14F5NO. The number of carbonyl (C=O) groups is 1. The highest BCUT2D eigenvalue weighted by atomic mass is 19.2. The van der Waals surface area contributed by atoms with Gasteiger partial charge in [0, 0.05) is 0 Å². The Morgan fingerprint density at radius 1 is 0.833 bits per heavy atom. The highest BCUT2D eigenvalue weighted by Crippen LogP contribution is 2.26. The largest absolute Gasteiger partial charge is 0.345 e. The lowest BCUT2D eigenvalue weighted by Crippen LogP contribution is -2.33. The third-order valence-electron chi connectivity index (χ3n) is 3.55. The zero-order valence-electron chi connectivity index (χ0n) is 12.8. The molecule has 1 N–H and O–H groups in total. The van der Waals surface area contributed by atoms with Crippen LogP contribution in [0.5, 0.6) is 0 Å². The lowest BCUT2D eigenvalue weighted by Gasteiger charge is -2.23. The molecular weight excluding hydrogens is 329 g/mol. The SMILES string of the molecule is CC(C)C(NC(=O)c1c(F)c(F)c(F)c(F)c1F)c1ccccc1. The molecule has 1 amide bonds. The van der Waals surface area contributed by atoms with Crippen molar-refractivity contribution in [2.75, 3.05) is 0 Å². The van der Waals surface area contributed by atoms with E-state index in [-0.39, 0.29) is 5.92 Å². The molecule has 1 unspecified atom stereocenters. The number of nitrogens with one attached hydrogen (secondary N) is 1. The summed E-state index contributed by atoms with van der Waals surface area (Å²) in [6, 6.07) is 7.86. The van der Waals surface area contributed by atoms with Crippen LogP contribution in [0.15, 0.2) is 30.3 Å². The van der Waals surface area contributed by atoms with Crippen LogP contribution in [0.2, 0.25) is 0 Å². The molecule has 0 bridgehead atoms. The van der Waals surface area contributed by atoms with E-state index >= 15 is 0 Å². The zero-order valence-corrected chi connectivity index (χ0v) is 12.8. The lowest BCUT2D eigenvalue weighted by atomic mass is 9.95. The molecule has 0 heterocycles. The number of hydrogen-bond donors (Lipinski definition) is 1. The molecule has 2 rings (SSSR count). The van der Waals surface area contributed by atoms with Crippen molar-refractivity contribution in [3.8, 4) is 0 Å². The Hall–Kier alpha value is -2.44. The van der Waals surface area contributed by atoms with Crippen LogP contribution >= 0.6 is 0 Å². The lowest BCUT2D eigenvalue weighted by molar-refractivity contribution is 0.0913. The number of halogens is 5. The molecule has 0 aromatic heterocycles. The van der Waals surface area contributed by atoms with Crippen molar-refractivity contribution < 1.29 is 26.7 Å². The van der Waals surface area contributed by atoms with Gasteiger partial charge in [0.15, 0.2) is 23.3 Å². The van der Waals surface area contributed by atoms with Crippen LogP contribution in [0.25, 0.3) is 0 Å². The number of hydrogen-bond acceptors (Lipinski definition) is 1. The third-order valence-corrected chi connectivity index (χ3v) is 3.55. The number of amides is 1. The van der Waals surface area contributed by atoms with E-state index < -0.39 is 46.6 Å². The molecule has 0 aliphatic rings. The van der Waals surface area contributed by atoms with Gasteiger partial charge in [0.05, 0.1) is 6.04 Å². The zero-order chi connectivity index (χ0) is 18.0. The van der Waals surface area contributed by atoms with Crippen molar-refractivity contribution >= 4 is 5.91 Å². The van der Waals surface area contributed by atoms with E-state index in [1.54, 1.807) is 44.2 Å². The molecule has 0 saturated carbocycles. The van der Waals surface area contributed by atoms with Crippen LogP contribution in [0.1, 0.15) is 35.8 Å². The van der Waals surface area contributed by atoms with Gasteiger partial charge in [-0.2, -0.15) is 0 Å². The molecule has 0 spiro atoms. The predicted octanol–water partition coefficient (Wildman–Crippen LogP) is 4.51. The Balaban J connectivity index is 2.42. The molecule has 2 aromatic carbocycles. The quantitative estimate of drug-likeness (QED) is 0.494. The first-order chi connectivity index (χ1) is 11.3. The first-order valence-corrected chi connectivity index (χ1v) is 7.13. The van der Waals surface area contributed by atoms with Gasteiger partial charge in [-0.3, -0.25) is 4.79 Å². The summed E-state index contributed by atoms with van der Waals surface area (Å²) in [6.45, 7) is 3.49.